The van der Waals surface area contributed by atoms with Gasteiger partial charge in [-0.15, -0.1) is 0 Å². The zero-order chi connectivity index (χ0) is 21.4. The first-order valence-corrected chi connectivity index (χ1v) is 9.97. The van der Waals surface area contributed by atoms with Crippen LogP contribution in [0, 0.1) is 0 Å². The van der Waals surface area contributed by atoms with Crippen LogP contribution in [-0.4, -0.2) is 35.8 Å². The summed E-state index contributed by atoms with van der Waals surface area (Å²) in [6.07, 6.45) is 3.38. The van der Waals surface area contributed by atoms with Gasteiger partial charge in [0.15, 0.2) is 28.0 Å². The number of thiazole rings is 1. The Morgan fingerprint density at radius 1 is 1.07 bits per heavy atom. The summed E-state index contributed by atoms with van der Waals surface area (Å²) in [4.78, 5) is 18.0. The van der Waals surface area contributed by atoms with Crippen LogP contribution in [0.25, 0.3) is 22.3 Å². The van der Waals surface area contributed by atoms with Gasteiger partial charge < -0.3 is 19.3 Å². The van der Waals surface area contributed by atoms with Crippen molar-refractivity contribution >= 4 is 34.0 Å². The highest BCUT2D eigenvalue weighted by Crippen LogP contribution is 2.35. The second-order valence-corrected chi connectivity index (χ2v) is 7.73. The number of nitrogens with zero attached hydrogens (tertiary/aromatic N) is 2. The van der Waals surface area contributed by atoms with Crippen molar-refractivity contribution in [2.75, 3.05) is 21.3 Å². The van der Waals surface area contributed by atoms with Crippen molar-refractivity contribution < 1.29 is 19.3 Å². The molecule has 0 saturated heterocycles. The van der Waals surface area contributed by atoms with Crippen LogP contribution >= 0.6 is 22.9 Å². The van der Waals surface area contributed by atoms with E-state index in [1.807, 2.05) is 12.1 Å². The van der Waals surface area contributed by atoms with Gasteiger partial charge in [0, 0.05) is 11.8 Å². The number of aromatic hydroxyl groups is 1. The van der Waals surface area contributed by atoms with Crippen LogP contribution in [0.2, 0.25) is 5.02 Å². The SMILES string of the molecule is COc1ccc(-c2cn3c(=O)/c(=C/c4cc(Cl)c(O)c(OC)c4)sc3n2)cc1OC. The van der Waals surface area contributed by atoms with Gasteiger partial charge in [-0.25, -0.2) is 4.98 Å². The zero-order valence-corrected chi connectivity index (χ0v) is 17.9. The van der Waals surface area contributed by atoms with E-state index in [-0.39, 0.29) is 22.1 Å². The summed E-state index contributed by atoms with van der Waals surface area (Å²) >= 11 is 7.29. The summed E-state index contributed by atoms with van der Waals surface area (Å²) in [5, 5.41) is 10.0. The van der Waals surface area contributed by atoms with E-state index in [2.05, 4.69) is 4.98 Å². The molecular formula is C21H17ClN2O5S. The lowest BCUT2D eigenvalue weighted by Crippen LogP contribution is -2.22. The van der Waals surface area contributed by atoms with E-state index in [1.165, 1.54) is 22.8 Å². The van der Waals surface area contributed by atoms with Crippen molar-refractivity contribution in [3.05, 3.63) is 62.0 Å². The Balaban J connectivity index is 1.78. The monoisotopic (exact) mass is 444 g/mol. The largest absolute Gasteiger partial charge is 0.503 e. The average molecular weight is 445 g/mol. The molecule has 0 aliphatic heterocycles. The summed E-state index contributed by atoms with van der Waals surface area (Å²) in [7, 11) is 4.57. The zero-order valence-electron chi connectivity index (χ0n) is 16.3. The maximum Gasteiger partial charge on any atom is 0.274 e. The summed E-state index contributed by atoms with van der Waals surface area (Å²) in [5.74, 6) is 1.30. The van der Waals surface area contributed by atoms with Crippen LogP contribution in [0.5, 0.6) is 23.0 Å². The third-order valence-electron chi connectivity index (χ3n) is 4.55. The van der Waals surface area contributed by atoms with Crippen molar-refractivity contribution in [2.45, 2.75) is 0 Å². The van der Waals surface area contributed by atoms with Crippen LogP contribution in [0.1, 0.15) is 5.56 Å². The lowest BCUT2D eigenvalue weighted by atomic mass is 10.1. The molecule has 154 valence electrons. The van der Waals surface area contributed by atoms with Gasteiger partial charge in [-0.2, -0.15) is 0 Å². The second kappa shape index (κ2) is 7.89. The van der Waals surface area contributed by atoms with Crippen molar-refractivity contribution in [1.29, 1.82) is 0 Å². The highest BCUT2D eigenvalue weighted by atomic mass is 35.5. The van der Waals surface area contributed by atoms with Crippen LogP contribution in [0.4, 0.5) is 0 Å². The molecule has 2 heterocycles. The number of hydrogen-bond donors (Lipinski definition) is 1. The number of rotatable bonds is 5. The molecule has 2 aromatic heterocycles. The molecule has 9 heteroatoms. The number of methoxy groups -OCH3 is 3. The highest BCUT2D eigenvalue weighted by Gasteiger charge is 2.13. The summed E-state index contributed by atoms with van der Waals surface area (Å²) in [6.45, 7) is 0. The number of fused-ring (bicyclic) bond motifs is 1. The van der Waals surface area contributed by atoms with Crippen molar-refractivity contribution in [3.8, 4) is 34.3 Å². The van der Waals surface area contributed by atoms with Crippen LogP contribution in [-0.2, 0) is 0 Å². The normalized spacial score (nSPS) is 11.8. The Bertz CT molecular complexity index is 1360. The van der Waals surface area contributed by atoms with Gasteiger partial charge in [-0.1, -0.05) is 22.9 Å². The molecule has 0 amide bonds. The highest BCUT2D eigenvalue weighted by molar-refractivity contribution is 7.15. The molecule has 0 spiro atoms. The van der Waals surface area contributed by atoms with Gasteiger partial charge in [0.2, 0.25) is 0 Å². The molecule has 4 rings (SSSR count). The molecule has 0 atom stereocenters. The van der Waals surface area contributed by atoms with Gasteiger partial charge >= 0.3 is 0 Å². The smallest absolute Gasteiger partial charge is 0.274 e. The Hall–Kier alpha value is -3.23. The number of halogens is 1. The van der Waals surface area contributed by atoms with E-state index in [9.17, 15) is 9.90 Å². The second-order valence-electron chi connectivity index (χ2n) is 6.32. The molecule has 30 heavy (non-hydrogen) atoms. The Labute approximate surface area is 180 Å². The first-order valence-electron chi connectivity index (χ1n) is 8.77. The molecule has 0 bridgehead atoms. The Morgan fingerprint density at radius 2 is 1.80 bits per heavy atom. The first kappa shape index (κ1) is 20.1. The standard InChI is InChI=1S/C21H17ClN2O5S/c1-27-15-5-4-12(9-16(15)28-2)14-10-24-20(26)18(30-21(24)23-14)8-11-6-13(22)19(25)17(7-11)29-3/h4-10,25H,1-3H3/b18-8-. The minimum absolute atomic E-state index is 0.140. The van der Waals surface area contributed by atoms with Crippen molar-refractivity contribution in [3.63, 3.8) is 0 Å². The van der Waals surface area contributed by atoms with Gasteiger partial charge in [0.25, 0.3) is 5.56 Å². The maximum absolute atomic E-state index is 12.9. The molecule has 0 aliphatic carbocycles. The minimum Gasteiger partial charge on any atom is -0.503 e. The Kier molecular flexibility index (Phi) is 5.27. The fourth-order valence-corrected chi connectivity index (χ4v) is 4.23. The number of phenols is 1. The molecule has 0 radical (unpaired) electrons. The number of ether oxygens (including phenoxy) is 3. The summed E-state index contributed by atoms with van der Waals surface area (Å²) < 4.78 is 17.7. The molecule has 1 N–H and O–H groups in total. The lowest BCUT2D eigenvalue weighted by molar-refractivity contribution is 0.355. The predicted octanol–water partition coefficient (Wildman–Crippen LogP) is 3.36. The average Bonchev–Trinajstić information content (AvgIpc) is 3.29. The number of benzene rings is 2. The molecule has 0 aliphatic rings. The molecule has 4 aromatic rings. The number of hydrogen-bond acceptors (Lipinski definition) is 7. The molecule has 0 fully saturated rings. The van der Waals surface area contributed by atoms with Gasteiger partial charge in [-0.05, 0) is 42.0 Å². The number of phenolic OH excluding ortho intramolecular Hbond substituents is 1. The lowest BCUT2D eigenvalue weighted by Gasteiger charge is -2.08. The van der Waals surface area contributed by atoms with Gasteiger partial charge in [-0.3, -0.25) is 9.20 Å². The van der Waals surface area contributed by atoms with Gasteiger partial charge in [0.05, 0.1) is 36.6 Å². The minimum atomic E-state index is -0.197. The fourth-order valence-electron chi connectivity index (χ4n) is 3.05. The van der Waals surface area contributed by atoms with E-state index >= 15 is 0 Å². The molecule has 0 unspecified atom stereocenters. The molecule has 2 aromatic carbocycles. The van der Waals surface area contributed by atoms with Crippen molar-refractivity contribution in [2.24, 2.45) is 0 Å². The molecule has 7 nitrogen and oxygen atoms in total. The molecular weight excluding hydrogens is 428 g/mol. The van der Waals surface area contributed by atoms with Gasteiger partial charge in [0.1, 0.15) is 0 Å². The van der Waals surface area contributed by atoms with E-state index in [1.54, 1.807) is 44.7 Å². The maximum atomic E-state index is 12.9. The number of aromatic nitrogens is 2. The van der Waals surface area contributed by atoms with Crippen LogP contribution in [0.15, 0.2) is 41.3 Å². The van der Waals surface area contributed by atoms with Crippen LogP contribution < -0.4 is 24.3 Å². The van der Waals surface area contributed by atoms with E-state index in [4.69, 9.17) is 25.8 Å². The third-order valence-corrected chi connectivity index (χ3v) is 5.82. The first-order chi connectivity index (χ1) is 14.4. The quantitative estimate of drug-likeness (QED) is 0.508. The summed E-state index contributed by atoms with van der Waals surface area (Å²) in [6, 6.07) is 8.64. The third kappa shape index (κ3) is 3.44. The van der Waals surface area contributed by atoms with Crippen molar-refractivity contribution in [1.82, 2.24) is 9.38 Å². The van der Waals surface area contributed by atoms with E-state index in [0.717, 1.165) is 5.56 Å². The Morgan fingerprint density at radius 3 is 2.47 bits per heavy atom. The molecule has 0 saturated carbocycles. The van der Waals surface area contributed by atoms with E-state index in [0.29, 0.717) is 32.2 Å². The predicted molar refractivity (Wildman–Crippen MR) is 116 cm³/mol. The fraction of sp³-hybridized carbons (Fsp3) is 0.143. The number of imidazole rings is 1. The van der Waals surface area contributed by atoms with Crippen LogP contribution in [0.3, 0.4) is 0 Å². The summed E-state index contributed by atoms with van der Waals surface area (Å²) in [5.41, 5.74) is 1.90. The topological polar surface area (TPSA) is 82.3 Å². The van der Waals surface area contributed by atoms with E-state index < -0.39 is 0 Å².